The monoisotopic (exact) mass is 240 g/mol. The maximum absolute atomic E-state index is 11.2. The minimum absolute atomic E-state index is 0.0158. The molecule has 6 nitrogen and oxygen atoms in total. The number of hydrogen-bond donors (Lipinski definition) is 0. The molecule has 94 valence electrons. The summed E-state index contributed by atoms with van der Waals surface area (Å²) in [5.74, 6) is 0.923. The van der Waals surface area contributed by atoms with Crippen molar-refractivity contribution in [3.63, 3.8) is 0 Å². The Morgan fingerprint density at radius 2 is 2.35 bits per heavy atom. The first-order chi connectivity index (χ1) is 8.24. The molecule has 1 saturated carbocycles. The topological polar surface area (TPSA) is 74.5 Å². The van der Waals surface area contributed by atoms with E-state index in [9.17, 15) is 4.79 Å². The van der Waals surface area contributed by atoms with E-state index < -0.39 is 0 Å². The SMILES string of the molecule is CCOC(=O)Cc1nc(C(OC)C2CC2)no1. The smallest absolute Gasteiger partial charge is 0.315 e. The summed E-state index contributed by atoms with van der Waals surface area (Å²) in [4.78, 5) is 15.4. The number of ether oxygens (including phenoxy) is 2. The summed E-state index contributed by atoms with van der Waals surface area (Å²) in [6.45, 7) is 2.10. The Kier molecular flexibility index (Phi) is 3.73. The third-order valence-corrected chi connectivity index (χ3v) is 2.64. The summed E-state index contributed by atoms with van der Waals surface area (Å²) in [5.41, 5.74) is 0. The molecule has 1 aromatic rings. The van der Waals surface area contributed by atoms with Crippen LogP contribution in [0.4, 0.5) is 0 Å². The van der Waals surface area contributed by atoms with Gasteiger partial charge in [-0.1, -0.05) is 5.16 Å². The normalized spacial score (nSPS) is 16.8. The van der Waals surface area contributed by atoms with E-state index in [1.165, 1.54) is 0 Å². The van der Waals surface area contributed by atoms with Gasteiger partial charge in [-0.15, -0.1) is 0 Å². The van der Waals surface area contributed by atoms with Crippen LogP contribution >= 0.6 is 0 Å². The largest absolute Gasteiger partial charge is 0.466 e. The number of methoxy groups -OCH3 is 1. The average Bonchev–Trinajstić information content (AvgIpc) is 3.02. The van der Waals surface area contributed by atoms with Gasteiger partial charge in [-0.3, -0.25) is 4.79 Å². The molecule has 0 spiro atoms. The molecule has 1 aliphatic rings. The van der Waals surface area contributed by atoms with E-state index in [1.54, 1.807) is 14.0 Å². The highest BCUT2D eigenvalue weighted by Gasteiger charge is 2.35. The molecule has 0 bridgehead atoms. The van der Waals surface area contributed by atoms with Gasteiger partial charge in [0.05, 0.1) is 6.61 Å². The molecule has 1 heterocycles. The molecule has 0 radical (unpaired) electrons. The lowest BCUT2D eigenvalue weighted by Crippen LogP contribution is -2.09. The lowest BCUT2D eigenvalue weighted by atomic mass is 10.2. The Balaban J connectivity index is 1.97. The van der Waals surface area contributed by atoms with Gasteiger partial charge >= 0.3 is 5.97 Å². The van der Waals surface area contributed by atoms with Gasteiger partial charge in [0.15, 0.2) is 0 Å². The minimum Gasteiger partial charge on any atom is -0.466 e. The molecule has 1 aromatic heterocycles. The third-order valence-electron chi connectivity index (χ3n) is 2.64. The van der Waals surface area contributed by atoms with Gasteiger partial charge in [-0.05, 0) is 25.7 Å². The second kappa shape index (κ2) is 5.27. The van der Waals surface area contributed by atoms with Crippen LogP contribution in [0.1, 0.15) is 37.6 Å². The number of carbonyl (C=O) groups is 1. The Labute approximate surface area is 99.3 Å². The molecule has 1 atom stereocenters. The van der Waals surface area contributed by atoms with Gasteiger partial charge in [0.2, 0.25) is 11.7 Å². The number of nitrogens with zero attached hydrogens (tertiary/aromatic N) is 2. The van der Waals surface area contributed by atoms with Crippen LogP contribution in [0.25, 0.3) is 0 Å². The standard InChI is InChI=1S/C11H16N2O4/c1-3-16-9(14)6-8-12-11(13-17-8)10(15-2)7-4-5-7/h7,10H,3-6H2,1-2H3. The number of hydrogen-bond acceptors (Lipinski definition) is 6. The molecule has 2 rings (SSSR count). The minimum atomic E-state index is -0.358. The van der Waals surface area contributed by atoms with Crippen LogP contribution in [0.5, 0.6) is 0 Å². The zero-order chi connectivity index (χ0) is 12.3. The first-order valence-corrected chi connectivity index (χ1v) is 5.75. The maximum Gasteiger partial charge on any atom is 0.315 e. The van der Waals surface area contributed by atoms with Gasteiger partial charge in [0, 0.05) is 7.11 Å². The van der Waals surface area contributed by atoms with E-state index in [-0.39, 0.29) is 24.4 Å². The Morgan fingerprint density at radius 1 is 1.59 bits per heavy atom. The Bertz CT molecular complexity index is 387. The molecule has 0 aliphatic heterocycles. The van der Waals surface area contributed by atoms with Crippen LogP contribution in [0, 0.1) is 5.92 Å². The number of esters is 1. The lowest BCUT2D eigenvalue weighted by Gasteiger charge is -2.08. The fourth-order valence-corrected chi connectivity index (χ4v) is 1.70. The first kappa shape index (κ1) is 12.0. The summed E-state index contributed by atoms with van der Waals surface area (Å²) in [5, 5.41) is 3.84. The van der Waals surface area contributed by atoms with E-state index in [0.717, 1.165) is 12.8 Å². The van der Waals surface area contributed by atoms with Crippen LogP contribution in [-0.4, -0.2) is 29.8 Å². The average molecular weight is 240 g/mol. The van der Waals surface area contributed by atoms with Gasteiger partial charge in [-0.25, -0.2) is 0 Å². The second-order valence-electron chi connectivity index (χ2n) is 4.02. The van der Waals surface area contributed by atoms with E-state index in [2.05, 4.69) is 10.1 Å². The van der Waals surface area contributed by atoms with E-state index >= 15 is 0 Å². The molecule has 0 saturated heterocycles. The van der Waals surface area contributed by atoms with Gasteiger partial charge in [0.25, 0.3) is 0 Å². The molecule has 1 unspecified atom stereocenters. The molecule has 0 amide bonds. The van der Waals surface area contributed by atoms with Gasteiger partial charge < -0.3 is 14.0 Å². The van der Waals surface area contributed by atoms with Crippen molar-refractivity contribution in [2.24, 2.45) is 5.92 Å². The zero-order valence-electron chi connectivity index (χ0n) is 10.0. The van der Waals surface area contributed by atoms with Crippen molar-refractivity contribution in [3.8, 4) is 0 Å². The molecular formula is C11H16N2O4. The van der Waals surface area contributed by atoms with Crippen molar-refractivity contribution < 1.29 is 18.8 Å². The quantitative estimate of drug-likeness (QED) is 0.697. The lowest BCUT2D eigenvalue weighted by molar-refractivity contribution is -0.142. The highest BCUT2D eigenvalue weighted by Crippen LogP contribution is 2.41. The molecule has 0 aromatic carbocycles. The number of carbonyl (C=O) groups excluding carboxylic acids is 1. The molecule has 6 heteroatoms. The number of rotatable bonds is 6. The first-order valence-electron chi connectivity index (χ1n) is 5.75. The van der Waals surface area contributed by atoms with Gasteiger partial charge in [0.1, 0.15) is 12.5 Å². The summed E-state index contributed by atoms with van der Waals surface area (Å²) < 4.78 is 15.1. The van der Waals surface area contributed by atoms with Crippen LogP contribution in [-0.2, 0) is 20.7 Å². The van der Waals surface area contributed by atoms with Crippen LogP contribution in [0.2, 0.25) is 0 Å². The summed E-state index contributed by atoms with van der Waals surface area (Å²) >= 11 is 0. The fraction of sp³-hybridized carbons (Fsp3) is 0.727. The zero-order valence-corrected chi connectivity index (χ0v) is 10.0. The molecule has 17 heavy (non-hydrogen) atoms. The van der Waals surface area contributed by atoms with E-state index in [1.807, 2.05) is 0 Å². The Morgan fingerprint density at radius 3 is 2.94 bits per heavy atom. The predicted octanol–water partition coefficient (Wildman–Crippen LogP) is 1.27. The van der Waals surface area contributed by atoms with E-state index in [0.29, 0.717) is 18.3 Å². The summed E-state index contributed by atoms with van der Waals surface area (Å²) in [6, 6.07) is 0. The fourth-order valence-electron chi connectivity index (χ4n) is 1.70. The molecule has 1 fully saturated rings. The van der Waals surface area contributed by atoms with Crippen LogP contribution < -0.4 is 0 Å². The highest BCUT2D eigenvalue weighted by molar-refractivity contribution is 5.71. The summed E-state index contributed by atoms with van der Waals surface area (Å²) in [7, 11) is 1.63. The molecule has 1 aliphatic carbocycles. The molecule has 0 N–H and O–H groups in total. The van der Waals surface area contributed by atoms with Crippen LogP contribution in [0.3, 0.4) is 0 Å². The predicted molar refractivity (Wildman–Crippen MR) is 57.1 cm³/mol. The van der Waals surface area contributed by atoms with Crippen molar-refractivity contribution in [1.82, 2.24) is 10.1 Å². The molecular weight excluding hydrogens is 224 g/mol. The van der Waals surface area contributed by atoms with Crippen LogP contribution in [0.15, 0.2) is 4.52 Å². The van der Waals surface area contributed by atoms with Gasteiger partial charge in [-0.2, -0.15) is 4.98 Å². The van der Waals surface area contributed by atoms with Crippen molar-refractivity contribution in [3.05, 3.63) is 11.7 Å². The van der Waals surface area contributed by atoms with Crippen molar-refractivity contribution >= 4 is 5.97 Å². The number of aromatic nitrogens is 2. The van der Waals surface area contributed by atoms with E-state index in [4.69, 9.17) is 14.0 Å². The highest BCUT2D eigenvalue weighted by atomic mass is 16.5. The Hall–Kier alpha value is -1.43. The summed E-state index contributed by atoms with van der Waals surface area (Å²) in [6.07, 6.45) is 2.15. The van der Waals surface area contributed by atoms with Crippen molar-refractivity contribution in [2.75, 3.05) is 13.7 Å². The van der Waals surface area contributed by atoms with Crippen molar-refractivity contribution in [2.45, 2.75) is 32.3 Å². The second-order valence-corrected chi connectivity index (χ2v) is 4.02. The maximum atomic E-state index is 11.2. The van der Waals surface area contributed by atoms with Crippen molar-refractivity contribution in [1.29, 1.82) is 0 Å². The third kappa shape index (κ3) is 3.03.